The summed E-state index contributed by atoms with van der Waals surface area (Å²) in [5.41, 5.74) is 0.548. The molecule has 2 aliphatic carbocycles. The minimum atomic E-state index is -0.290. The molecule has 20 heavy (non-hydrogen) atoms. The number of hydrogen-bond donors (Lipinski definition) is 0. The van der Waals surface area contributed by atoms with Crippen LogP contribution in [0.3, 0.4) is 0 Å². The molecule has 108 valence electrons. The second kappa shape index (κ2) is 5.86. The Hall–Kier alpha value is -1.51. The summed E-state index contributed by atoms with van der Waals surface area (Å²) in [5.74, 6) is 2.04. The third-order valence-electron chi connectivity index (χ3n) is 4.52. The summed E-state index contributed by atoms with van der Waals surface area (Å²) >= 11 is 0. The van der Waals surface area contributed by atoms with Crippen molar-refractivity contribution in [2.24, 2.45) is 11.8 Å². The van der Waals surface area contributed by atoms with Gasteiger partial charge in [0.25, 0.3) is 0 Å². The standard InChI is InChI=1S/C17H22O3/c1-2-19-17(18)15-5-3-4-6-16(15)20-14-10-12-7-8-13(9-12)11-14/h3-6,12-14H,2,7-11H2,1H3/t12-,13+,14?. The zero-order chi connectivity index (χ0) is 13.9. The van der Waals surface area contributed by atoms with Crippen LogP contribution in [0.25, 0.3) is 0 Å². The summed E-state index contributed by atoms with van der Waals surface area (Å²) in [6, 6.07) is 7.42. The van der Waals surface area contributed by atoms with E-state index in [1.54, 1.807) is 6.07 Å². The Morgan fingerprint density at radius 1 is 1.15 bits per heavy atom. The van der Waals surface area contributed by atoms with Crippen LogP contribution in [0.2, 0.25) is 0 Å². The van der Waals surface area contributed by atoms with E-state index in [9.17, 15) is 4.79 Å². The van der Waals surface area contributed by atoms with E-state index in [2.05, 4.69) is 0 Å². The predicted octanol–water partition coefficient (Wildman–Crippen LogP) is 3.82. The molecule has 1 aromatic carbocycles. The van der Waals surface area contributed by atoms with Crippen molar-refractivity contribution in [2.45, 2.75) is 45.1 Å². The summed E-state index contributed by atoms with van der Waals surface area (Å²) in [4.78, 5) is 11.9. The molecule has 1 aromatic rings. The van der Waals surface area contributed by atoms with Crippen LogP contribution in [0.15, 0.2) is 24.3 Å². The number of hydrogen-bond acceptors (Lipinski definition) is 3. The quantitative estimate of drug-likeness (QED) is 0.783. The first-order valence-electron chi connectivity index (χ1n) is 7.69. The van der Waals surface area contributed by atoms with Crippen molar-refractivity contribution in [3.05, 3.63) is 29.8 Å². The van der Waals surface area contributed by atoms with E-state index in [4.69, 9.17) is 9.47 Å². The molecule has 3 heteroatoms. The van der Waals surface area contributed by atoms with E-state index in [0.717, 1.165) is 24.7 Å². The Morgan fingerprint density at radius 2 is 1.85 bits per heavy atom. The van der Waals surface area contributed by atoms with E-state index in [1.165, 1.54) is 19.3 Å². The molecule has 2 fully saturated rings. The lowest BCUT2D eigenvalue weighted by atomic mass is 9.87. The number of ether oxygens (including phenoxy) is 2. The normalized spacial score (nSPS) is 28.1. The lowest BCUT2D eigenvalue weighted by molar-refractivity contribution is 0.0513. The lowest BCUT2D eigenvalue weighted by Crippen LogP contribution is -2.26. The molecule has 3 rings (SSSR count). The van der Waals surface area contributed by atoms with Gasteiger partial charge in [-0.25, -0.2) is 4.79 Å². The maximum Gasteiger partial charge on any atom is 0.341 e. The summed E-state index contributed by atoms with van der Waals surface area (Å²) in [6.07, 6.45) is 6.60. The second-order valence-electron chi connectivity index (χ2n) is 5.97. The molecule has 3 nitrogen and oxygen atoms in total. The van der Waals surface area contributed by atoms with Crippen LogP contribution in [0.4, 0.5) is 0 Å². The maximum atomic E-state index is 11.9. The molecule has 0 saturated heterocycles. The fraction of sp³-hybridized carbons (Fsp3) is 0.588. The Balaban J connectivity index is 1.72. The number of benzene rings is 1. The van der Waals surface area contributed by atoms with Gasteiger partial charge >= 0.3 is 5.97 Å². The molecule has 1 unspecified atom stereocenters. The van der Waals surface area contributed by atoms with Crippen molar-refractivity contribution in [1.82, 2.24) is 0 Å². The number of carbonyl (C=O) groups excluding carboxylic acids is 1. The van der Waals surface area contributed by atoms with Gasteiger partial charge in [0.05, 0.1) is 12.7 Å². The Kier molecular flexibility index (Phi) is 3.95. The van der Waals surface area contributed by atoms with Crippen LogP contribution >= 0.6 is 0 Å². The first-order valence-corrected chi connectivity index (χ1v) is 7.69. The summed E-state index contributed by atoms with van der Waals surface area (Å²) in [5, 5.41) is 0. The van der Waals surface area contributed by atoms with Crippen molar-refractivity contribution in [2.75, 3.05) is 6.61 Å². The van der Waals surface area contributed by atoms with Crippen LogP contribution in [-0.4, -0.2) is 18.7 Å². The van der Waals surface area contributed by atoms with Crippen LogP contribution in [0.1, 0.15) is 49.4 Å². The van der Waals surface area contributed by atoms with Gasteiger partial charge in [-0.3, -0.25) is 0 Å². The number of para-hydroxylation sites is 1. The lowest BCUT2D eigenvalue weighted by Gasteiger charge is -2.28. The molecule has 3 atom stereocenters. The van der Waals surface area contributed by atoms with Gasteiger partial charge in [-0.15, -0.1) is 0 Å². The number of carbonyl (C=O) groups is 1. The highest BCUT2D eigenvalue weighted by molar-refractivity contribution is 5.92. The average Bonchev–Trinajstić information content (AvgIpc) is 2.79. The first kappa shape index (κ1) is 13.5. The molecule has 0 amide bonds. The van der Waals surface area contributed by atoms with Gasteiger partial charge in [0.2, 0.25) is 0 Å². The van der Waals surface area contributed by atoms with Gasteiger partial charge in [0.15, 0.2) is 0 Å². The average molecular weight is 274 g/mol. The third-order valence-corrected chi connectivity index (χ3v) is 4.52. The topological polar surface area (TPSA) is 35.5 Å². The van der Waals surface area contributed by atoms with E-state index in [0.29, 0.717) is 17.9 Å². The fourth-order valence-corrected chi connectivity index (χ4v) is 3.67. The van der Waals surface area contributed by atoms with Crippen molar-refractivity contribution >= 4 is 5.97 Å². The van der Waals surface area contributed by atoms with Crippen molar-refractivity contribution < 1.29 is 14.3 Å². The highest BCUT2D eigenvalue weighted by Crippen LogP contribution is 2.43. The Labute approximate surface area is 120 Å². The number of rotatable bonds is 4. The summed E-state index contributed by atoms with van der Waals surface area (Å²) in [7, 11) is 0. The molecular weight excluding hydrogens is 252 g/mol. The monoisotopic (exact) mass is 274 g/mol. The molecule has 0 aromatic heterocycles. The Morgan fingerprint density at radius 3 is 2.55 bits per heavy atom. The zero-order valence-electron chi connectivity index (χ0n) is 12.0. The molecule has 2 aliphatic rings. The zero-order valence-corrected chi connectivity index (χ0v) is 12.0. The van der Waals surface area contributed by atoms with Crippen LogP contribution in [0.5, 0.6) is 5.75 Å². The highest BCUT2D eigenvalue weighted by atomic mass is 16.5. The highest BCUT2D eigenvalue weighted by Gasteiger charge is 2.35. The molecule has 0 N–H and O–H groups in total. The molecule has 2 saturated carbocycles. The fourth-order valence-electron chi connectivity index (χ4n) is 3.67. The molecule has 2 bridgehead atoms. The van der Waals surface area contributed by atoms with Gasteiger partial charge in [0, 0.05) is 0 Å². The smallest absolute Gasteiger partial charge is 0.341 e. The van der Waals surface area contributed by atoms with Crippen LogP contribution in [0, 0.1) is 11.8 Å². The molecule has 0 spiro atoms. The molecular formula is C17H22O3. The van der Waals surface area contributed by atoms with Crippen molar-refractivity contribution in [1.29, 1.82) is 0 Å². The van der Waals surface area contributed by atoms with Crippen molar-refractivity contribution in [3.8, 4) is 5.75 Å². The van der Waals surface area contributed by atoms with Crippen molar-refractivity contribution in [3.63, 3.8) is 0 Å². The van der Waals surface area contributed by atoms with E-state index in [-0.39, 0.29) is 12.1 Å². The minimum Gasteiger partial charge on any atom is -0.490 e. The van der Waals surface area contributed by atoms with E-state index < -0.39 is 0 Å². The molecule has 0 radical (unpaired) electrons. The SMILES string of the molecule is CCOC(=O)c1ccccc1OC1C[C@H]2CC[C@@H](C1)C2. The minimum absolute atomic E-state index is 0.261. The Bertz CT molecular complexity index is 471. The van der Waals surface area contributed by atoms with Crippen LogP contribution in [-0.2, 0) is 4.74 Å². The predicted molar refractivity (Wildman–Crippen MR) is 76.9 cm³/mol. The van der Waals surface area contributed by atoms with E-state index >= 15 is 0 Å². The summed E-state index contributed by atoms with van der Waals surface area (Å²) in [6.45, 7) is 2.21. The largest absolute Gasteiger partial charge is 0.490 e. The number of esters is 1. The van der Waals surface area contributed by atoms with Gasteiger partial charge in [-0.1, -0.05) is 25.0 Å². The molecule has 0 heterocycles. The maximum absolute atomic E-state index is 11.9. The number of fused-ring (bicyclic) bond motifs is 2. The van der Waals surface area contributed by atoms with Crippen LogP contribution < -0.4 is 4.74 Å². The van der Waals surface area contributed by atoms with Gasteiger partial charge in [-0.05, 0) is 50.2 Å². The van der Waals surface area contributed by atoms with Gasteiger partial charge in [-0.2, -0.15) is 0 Å². The summed E-state index contributed by atoms with van der Waals surface area (Å²) < 4.78 is 11.2. The first-order chi connectivity index (χ1) is 9.76. The van der Waals surface area contributed by atoms with Gasteiger partial charge < -0.3 is 9.47 Å². The molecule has 0 aliphatic heterocycles. The van der Waals surface area contributed by atoms with E-state index in [1.807, 2.05) is 25.1 Å². The van der Waals surface area contributed by atoms with Gasteiger partial charge in [0.1, 0.15) is 11.3 Å². The second-order valence-corrected chi connectivity index (χ2v) is 5.97. The third kappa shape index (κ3) is 2.82.